The van der Waals surface area contributed by atoms with Crippen molar-refractivity contribution in [3.05, 3.63) is 25.3 Å². The van der Waals surface area contributed by atoms with Gasteiger partial charge < -0.3 is 4.90 Å². The molecule has 0 aromatic carbocycles. The molecular weight excluding hydrogens is 162 g/mol. The van der Waals surface area contributed by atoms with E-state index in [1.165, 1.54) is 0 Å². The number of carbonyl (C=O) groups is 1. The van der Waals surface area contributed by atoms with Crippen LogP contribution in [0.3, 0.4) is 0 Å². The molecule has 13 heavy (non-hydrogen) atoms. The van der Waals surface area contributed by atoms with Crippen molar-refractivity contribution >= 4 is 5.91 Å². The zero-order valence-corrected chi connectivity index (χ0v) is 8.04. The standard InChI is InChI=1S/C11H17NO/c1-3-5-6-8-12-9-10(7-4-2)11(12)13/h3-4,10H,1-2,5-9H2. The average molecular weight is 179 g/mol. The van der Waals surface area contributed by atoms with Crippen LogP contribution in [0.5, 0.6) is 0 Å². The summed E-state index contributed by atoms with van der Waals surface area (Å²) in [5, 5.41) is 0. The van der Waals surface area contributed by atoms with Crippen molar-refractivity contribution in [1.82, 2.24) is 4.90 Å². The third-order valence-electron chi connectivity index (χ3n) is 2.39. The topological polar surface area (TPSA) is 20.3 Å². The fraction of sp³-hybridized carbons (Fsp3) is 0.545. The van der Waals surface area contributed by atoms with Gasteiger partial charge in [-0.15, -0.1) is 13.2 Å². The molecule has 0 N–H and O–H groups in total. The zero-order valence-electron chi connectivity index (χ0n) is 8.04. The molecule has 0 bridgehead atoms. The molecule has 2 nitrogen and oxygen atoms in total. The predicted octanol–water partition coefficient (Wildman–Crippen LogP) is 1.99. The number of unbranched alkanes of at least 4 members (excludes halogenated alkanes) is 1. The Morgan fingerprint density at radius 3 is 2.77 bits per heavy atom. The van der Waals surface area contributed by atoms with Crippen LogP contribution in [0.1, 0.15) is 19.3 Å². The number of hydrogen-bond acceptors (Lipinski definition) is 1. The lowest BCUT2D eigenvalue weighted by Crippen LogP contribution is -2.52. The van der Waals surface area contributed by atoms with Gasteiger partial charge in [0.1, 0.15) is 0 Å². The van der Waals surface area contributed by atoms with E-state index < -0.39 is 0 Å². The van der Waals surface area contributed by atoms with E-state index in [1.54, 1.807) is 0 Å². The van der Waals surface area contributed by atoms with Gasteiger partial charge in [-0.25, -0.2) is 0 Å². The molecule has 1 amide bonds. The first kappa shape index (κ1) is 10.0. The number of β-lactam (4-membered cyclic amide) rings is 1. The lowest BCUT2D eigenvalue weighted by Gasteiger charge is -2.38. The van der Waals surface area contributed by atoms with E-state index in [0.717, 1.165) is 32.4 Å². The predicted molar refractivity (Wildman–Crippen MR) is 54.3 cm³/mol. The lowest BCUT2D eigenvalue weighted by atomic mass is 9.95. The summed E-state index contributed by atoms with van der Waals surface area (Å²) in [5.74, 6) is 0.519. The van der Waals surface area contributed by atoms with Crippen LogP contribution in [0.25, 0.3) is 0 Å². The quantitative estimate of drug-likeness (QED) is 0.347. The van der Waals surface area contributed by atoms with Crippen LogP contribution in [-0.2, 0) is 4.79 Å². The first-order chi connectivity index (χ1) is 6.29. The van der Waals surface area contributed by atoms with Crippen molar-refractivity contribution in [2.45, 2.75) is 19.3 Å². The van der Waals surface area contributed by atoms with Crippen molar-refractivity contribution < 1.29 is 4.79 Å². The van der Waals surface area contributed by atoms with Gasteiger partial charge in [-0.3, -0.25) is 4.79 Å². The molecule has 0 saturated carbocycles. The fourth-order valence-electron chi connectivity index (χ4n) is 1.58. The number of amides is 1. The van der Waals surface area contributed by atoms with E-state index in [4.69, 9.17) is 0 Å². The van der Waals surface area contributed by atoms with E-state index in [9.17, 15) is 4.79 Å². The van der Waals surface area contributed by atoms with E-state index in [1.807, 2.05) is 17.1 Å². The van der Waals surface area contributed by atoms with Crippen LogP contribution < -0.4 is 0 Å². The van der Waals surface area contributed by atoms with Crippen molar-refractivity contribution in [2.24, 2.45) is 5.92 Å². The zero-order chi connectivity index (χ0) is 9.68. The molecular formula is C11H17NO. The van der Waals surface area contributed by atoms with Gasteiger partial charge in [0.2, 0.25) is 5.91 Å². The summed E-state index contributed by atoms with van der Waals surface area (Å²) in [5.41, 5.74) is 0. The van der Waals surface area contributed by atoms with Gasteiger partial charge in [0.15, 0.2) is 0 Å². The highest BCUT2D eigenvalue weighted by molar-refractivity contribution is 5.84. The highest BCUT2D eigenvalue weighted by atomic mass is 16.2. The third kappa shape index (κ3) is 2.44. The van der Waals surface area contributed by atoms with Crippen LogP contribution in [0.4, 0.5) is 0 Å². The van der Waals surface area contributed by atoms with Crippen LogP contribution in [0.2, 0.25) is 0 Å². The molecule has 0 aliphatic carbocycles. The van der Waals surface area contributed by atoms with Gasteiger partial charge in [-0.05, 0) is 19.3 Å². The minimum Gasteiger partial charge on any atom is -0.342 e. The minimum atomic E-state index is 0.223. The van der Waals surface area contributed by atoms with E-state index >= 15 is 0 Å². The Hall–Kier alpha value is -1.05. The van der Waals surface area contributed by atoms with E-state index in [2.05, 4.69) is 13.2 Å². The normalized spacial score (nSPS) is 21.1. The molecule has 1 aliphatic rings. The summed E-state index contributed by atoms with van der Waals surface area (Å²) in [6.07, 6.45) is 6.58. The summed E-state index contributed by atoms with van der Waals surface area (Å²) in [6.45, 7) is 9.09. The van der Waals surface area contributed by atoms with E-state index in [-0.39, 0.29) is 5.92 Å². The molecule has 0 radical (unpaired) electrons. The second-order valence-corrected chi connectivity index (χ2v) is 3.44. The summed E-state index contributed by atoms with van der Waals surface area (Å²) in [6, 6.07) is 0. The molecule has 1 heterocycles. The summed E-state index contributed by atoms with van der Waals surface area (Å²) in [7, 11) is 0. The Morgan fingerprint density at radius 1 is 1.46 bits per heavy atom. The Kier molecular flexibility index (Phi) is 3.74. The molecule has 1 atom stereocenters. The molecule has 1 rings (SSSR count). The van der Waals surface area contributed by atoms with Crippen molar-refractivity contribution in [2.75, 3.05) is 13.1 Å². The van der Waals surface area contributed by atoms with Gasteiger partial charge in [-0.2, -0.15) is 0 Å². The smallest absolute Gasteiger partial charge is 0.227 e. The maximum atomic E-state index is 11.4. The van der Waals surface area contributed by atoms with Crippen LogP contribution in [0.15, 0.2) is 25.3 Å². The van der Waals surface area contributed by atoms with E-state index in [0.29, 0.717) is 5.91 Å². The monoisotopic (exact) mass is 179 g/mol. The number of likely N-dealkylation sites (tertiary alicyclic amines) is 1. The molecule has 1 aliphatic heterocycles. The Balaban J connectivity index is 2.15. The van der Waals surface area contributed by atoms with Crippen LogP contribution in [-0.4, -0.2) is 23.9 Å². The van der Waals surface area contributed by atoms with Gasteiger partial charge in [-0.1, -0.05) is 12.2 Å². The number of nitrogens with zero attached hydrogens (tertiary/aromatic N) is 1. The molecule has 0 aromatic heterocycles. The molecule has 0 aromatic rings. The van der Waals surface area contributed by atoms with Crippen molar-refractivity contribution in [3.8, 4) is 0 Å². The second kappa shape index (κ2) is 4.85. The number of carbonyl (C=O) groups excluding carboxylic acids is 1. The molecule has 2 heteroatoms. The largest absolute Gasteiger partial charge is 0.342 e. The highest BCUT2D eigenvalue weighted by Gasteiger charge is 2.34. The Labute approximate surface area is 79.9 Å². The minimum absolute atomic E-state index is 0.223. The Morgan fingerprint density at radius 2 is 2.23 bits per heavy atom. The lowest BCUT2D eigenvalue weighted by molar-refractivity contribution is -0.147. The van der Waals surface area contributed by atoms with Crippen LogP contribution in [0, 0.1) is 5.92 Å². The summed E-state index contributed by atoms with van der Waals surface area (Å²) in [4.78, 5) is 13.3. The second-order valence-electron chi connectivity index (χ2n) is 3.44. The maximum Gasteiger partial charge on any atom is 0.227 e. The number of hydrogen-bond donors (Lipinski definition) is 0. The number of rotatable bonds is 6. The van der Waals surface area contributed by atoms with Gasteiger partial charge in [0.25, 0.3) is 0 Å². The van der Waals surface area contributed by atoms with Crippen molar-refractivity contribution in [1.29, 1.82) is 0 Å². The van der Waals surface area contributed by atoms with Crippen molar-refractivity contribution in [3.63, 3.8) is 0 Å². The SMILES string of the molecule is C=CCCCN1CC(CC=C)C1=O. The highest BCUT2D eigenvalue weighted by Crippen LogP contribution is 2.21. The molecule has 0 spiro atoms. The molecule has 1 unspecified atom stereocenters. The molecule has 1 fully saturated rings. The van der Waals surface area contributed by atoms with Crippen LogP contribution >= 0.6 is 0 Å². The Bertz CT molecular complexity index is 208. The summed E-state index contributed by atoms with van der Waals surface area (Å²) >= 11 is 0. The summed E-state index contributed by atoms with van der Waals surface area (Å²) < 4.78 is 0. The third-order valence-corrected chi connectivity index (χ3v) is 2.39. The first-order valence-corrected chi connectivity index (χ1v) is 4.80. The molecule has 72 valence electrons. The first-order valence-electron chi connectivity index (χ1n) is 4.80. The fourth-order valence-corrected chi connectivity index (χ4v) is 1.58. The number of allylic oxidation sites excluding steroid dienone is 2. The average Bonchev–Trinajstić information content (AvgIpc) is 2.15. The van der Waals surface area contributed by atoms with Gasteiger partial charge in [0.05, 0.1) is 5.92 Å². The maximum absolute atomic E-state index is 11.4. The van der Waals surface area contributed by atoms with Gasteiger partial charge in [0, 0.05) is 13.1 Å². The van der Waals surface area contributed by atoms with Gasteiger partial charge >= 0.3 is 0 Å². The molecule has 1 saturated heterocycles.